The van der Waals surface area contributed by atoms with Crippen molar-refractivity contribution < 1.29 is 19.5 Å². The van der Waals surface area contributed by atoms with Gasteiger partial charge in [-0.3, -0.25) is 19.3 Å². The van der Waals surface area contributed by atoms with Crippen molar-refractivity contribution in [2.75, 3.05) is 18.0 Å². The molecule has 6 heteroatoms. The van der Waals surface area contributed by atoms with Crippen molar-refractivity contribution in [2.45, 2.75) is 19.9 Å². The van der Waals surface area contributed by atoms with Gasteiger partial charge in [-0.1, -0.05) is 17.7 Å². The van der Waals surface area contributed by atoms with Gasteiger partial charge in [-0.25, -0.2) is 0 Å². The number of hydrogen-bond acceptors (Lipinski definition) is 4. The highest BCUT2D eigenvalue weighted by atomic mass is 16.4. The monoisotopic (exact) mass is 276 g/mol. The second-order valence-corrected chi connectivity index (χ2v) is 4.85. The third kappa shape index (κ3) is 2.64. The molecule has 0 bridgehead atoms. The van der Waals surface area contributed by atoms with E-state index in [2.05, 4.69) is 0 Å². The Kier molecular flexibility index (Phi) is 3.74. The van der Waals surface area contributed by atoms with E-state index in [-0.39, 0.29) is 6.54 Å². The van der Waals surface area contributed by atoms with Crippen molar-refractivity contribution >= 4 is 23.5 Å². The molecule has 1 saturated heterocycles. The summed E-state index contributed by atoms with van der Waals surface area (Å²) in [4.78, 5) is 37.2. The molecule has 0 radical (unpaired) electrons. The lowest BCUT2D eigenvalue weighted by atomic mass is 10.1. The molecule has 106 valence electrons. The second-order valence-electron chi connectivity index (χ2n) is 4.85. The van der Waals surface area contributed by atoms with Crippen LogP contribution in [-0.4, -0.2) is 46.9 Å². The number of carbonyl (C=O) groups is 3. The van der Waals surface area contributed by atoms with Crippen LogP contribution in [0.2, 0.25) is 0 Å². The quantitative estimate of drug-likeness (QED) is 0.820. The van der Waals surface area contributed by atoms with Crippen LogP contribution >= 0.6 is 0 Å². The number of imide groups is 1. The van der Waals surface area contributed by atoms with E-state index in [1.165, 1.54) is 0 Å². The molecule has 2 amide bonds. The molecular weight excluding hydrogens is 260 g/mol. The highest BCUT2D eigenvalue weighted by Gasteiger charge is 2.38. The van der Waals surface area contributed by atoms with Gasteiger partial charge in [-0.15, -0.1) is 0 Å². The molecule has 0 spiro atoms. The Bertz CT molecular complexity index is 553. The summed E-state index contributed by atoms with van der Waals surface area (Å²) in [6, 6.07) is 6.94. The van der Waals surface area contributed by atoms with Crippen LogP contribution in [0.3, 0.4) is 0 Å². The summed E-state index contributed by atoms with van der Waals surface area (Å²) in [5, 5.41) is 8.74. The van der Waals surface area contributed by atoms with Crippen LogP contribution in [0.5, 0.6) is 0 Å². The number of piperazine rings is 1. The maximum Gasteiger partial charge on any atom is 0.323 e. The van der Waals surface area contributed by atoms with Crippen LogP contribution in [0, 0.1) is 6.92 Å². The summed E-state index contributed by atoms with van der Waals surface area (Å²) in [5.41, 5.74) is 1.86. The number of carboxylic acid groups (broad SMARTS) is 1. The Labute approximate surface area is 116 Å². The molecule has 1 unspecified atom stereocenters. The SMILES string of the molecule is Cc1ccc(N2CC(=O)N(CC(=O)O)C(=O)C2C)cc1. The molecule has 0 aliphatic carbocycles. The minimum absolute atomic E-state index is 0.00322. The molecule has 6 nitrogen and oxygen atoms in total. The molecule has 2 rings (SSSR count). The largest absolute Gasteiger partial charge is 0.480 e. The number of aliphatic carboxylic acids is 1. The summed E-state index contributed by atoms with van der Waals surface area (Å²) in [5.74, 6) is -2.16. The standard InChI is InChI=1S/C14H16N2O4/c1-9-3-5-11(6-4-9)15-7-12(17)16(8-13(18)19)14(20)10(15)2/h3-6,10H,7-8H2,1-2H3,(H,18,19). The molecule has 1 fully saturated rings. The number of rotatable bonds is 3. The number of aryl methyl sites for hydroxylation is 1. The fourth-order valence-corrected chi connectivity index (χ4v) is 2.20. The van der Waals surface area contributed by atoms with E-state index in [1.807, 2.05) is 31.2 Å². The summed E-state index contributed by atoms with van der Waals surface area (Å²) < 4.78 is 0. The molecule has 1 aromatic carbocycles. The van der Waals surface area contributed by atoms with Gasteiger partial charge in [0.15, 0.2) is 0 Å². The van der Waals surface area contributed by atoms with E-state index in [1.54, 1.807) is 11.8 Å². The van der Waals surface area contributed by atoms with Gasteiger partial charge in [0.05, 0.1) is 6.54 Å². The zero-order valence-corrected chi connectivity index (χ0v) is 11.4. The number of carboxylic acids is 1. The van der Waals surface area contributed by atoms with Crippen molar-refractivity contribution in [3.05, 3.63) is 29.8 Å². The smallest absolute Gasteiger partial charge is 0.323 e. The van der Waals surface area contributed by atoms with Gasteiger partial charge in [-0.05, 0) is 26.0 Å². The first kappa shape index (κ1) is 14.0. The van der Waals surface area contributed by atoms with Crippen LogP contribution in [0.1, 0.15) is 12.5 Å². The van der Waals surface area contributed by atoms with Crippen molar-refractivity contribution in [2.24, 2.45) is 0 Å². The summed E-state index contributed by atoms with van der Waals surface area (Å²) in [7, 11) is 0. The first-order valence-electron chi connectivity index (χ1n) is 6.29. The lowest BCUT2D eigenvalue weighted by molar-refractivity contribution is -0.154. The zero-order chi connectivity index (χ0) is 14.9. The van der Waals surface area contributed by atoms with E-state index in [0.29, 0.717) is 0 Å². The predicted octanol–water partition coefficient (Wildman–Crippen LogP) is 0.643. The number of carbonyl (C=O) groups excluding carboxylic acids is 2. The first-order chi connectivity index (χ1) is 9.40. The van der Waals surface area contributed by atoms with Crippen LogP contribution in [0.4, 0.5) is 5.69 Å². The third-order valence-corrected chi connectivity index (χ3v) is 3.36. The Hall–Kier alpha value is -2.37. The van der Waals surface area contributed by atoms with E-state index < -0.39 is 30.4 Å². The average molecular weight is 276 g/mol. The second kappa shape index (κ2) is 5.32. The van der Waals surface area contributed by atoms with Crippen molar-refractivity contribution in [1.29, 1.82) is 0 Å². The predicted molar refractivity (Wildman–Crippen MR) is 72.3 cm³/mol. The van der Waals surface area contributed by atoms with Gasteiger partial charge in [0.1, 0.15) is 12.6 Å². The topological polar surface area (TPSA) is 77.9 Å². The van der Waals surface area contributed by atoms with E-state index >= 15 is 0 Å². The van der Waals surface area contributed by atoms with Crippen LogP contribution in [0.15, 0.2) is 24.3 Å². The highest BCUT2D eigenvalue weighted by molar-refractivity contribution is 6.06. The van der Waals surface area contributed by atoms with Gasteiger partial charge in [0.25, 0.3) is 5.91 Å². The van der Waals surface area contributed by atoms with Crippen LogP contribution in [-0.2, 0) is 14.4 Å². The highest BCUT2D eigenvalue weighted by Crippen LogP contribution is 2.22. The Morgan fingerprint density at radius 3 is 2.45 bits per heavy atom. The maximum atomic E-state index is 12.1. The molecule has 1 N–H and O–H groups in total. The fraction of sp³-hybridized carbons (Fsp3) is 0.357. The summed E-state index contributed by atoms with van der Waals surface area (Å²) in [6.45, 7) is 3.05. The molecule has 1 atom stereocenters. The lowest BCUT2D eigenvalue weighted by Gasteiger charge is -2.38. The van der Waals surface area contributed by atoms with Gasteiger partial charge >= 0.3 is 5.97 Å². The van der Waals surface area contributed by atoms with Crippen molar-refractivity contribution in [1.82, 2.24) is 4.90 Å². The Morgan fingerprint density at radius 2 is 1.90 bits per heavy atom. The normalized spacial score (nSPS) is 19.4. The molecule has 1 aliphatic rings. The maximum absolute atomic E-state index is 12.1. The van der Waals surface area contributed by atoms with Gasteiger partial charge < -0.3 is 10.0 Å². The molecular formula is C14H16N2O4. The molecule has 0 saturated carbocycles. The van der Waals surface area contributed by atoms with E-state index in [9.17, 15) is 14.4 Å². The first-order valence-corrected chi connectivity index (χ1v) is 6.29. The van der Waals surface area contributed by atoms with Crippen molar-refractivity contribution in [3.63, 3.8) is 0 Å². The zero-order valence-electron chi connectivity index (χ0n) is 11.4. The average Bonchev–Trinajstić information content (AvgIpc) is 2.40. The summed E-state index contributed by atoms with van der Waals surface area (Å²) in [6.07, 6.45) is 0. The van der Waals surface area contributed by atoms with Gasteiger partial charge in [0.2, 0.25) is 5.91 Å². The van der Waals surface area contributed by atoms with Gasteiger partial charge in [-0.2, -0.15) is 0 Å². The van der Waals surface area contributed by atoms with E-state index in [0.717, 1.165) is 16.2 Å². The number of anilines is 1. The lowest BCUT2D eigenvalue weighted by Crippen LogP contribution is -2.60. The molecule has 0 aromatic heterocycles. The minimum atomic E-state index is -1.19. The van der Waals surface area contributed by atoms with Crippen LogP contribution in [0.25, 0.3) is 0 Å². The molecule has 1 aliphatic heterocycles. The van der Waals surface area contributed by atoms with Crippen LogP contribution < -0.4 is 4.90 Å². The number of nitrogens with zero attached hydrogens (tertiary/aromatic N) is 2. The molecule has 20 heavy (non-hydrogen) atoms. The minimum Gasteiger partial charge on any atom is -0.480 e. The molecule has 1 heterocycles. The van der Waals surface area contributed by atoms with E-state index in [4.69, 9.17) is 5.11 Å². The Balaban J connectivity index is 2.23. The van der Waals surface area contributed by atoms with Gasteiger partial charge in [0, 0.05) is 5.69 Å². The fourth-order valence-electron chi connectivity index (χ4n) is 2.20. The Morgan fingerprint density at radius 1 is 1.30 bits per heavy atom. The number of hydrogen-bond donors (Lipinski definition) is 1. The number of benzene rings is 1. The van der Waals surface area contributed by atoms with Crippen molar-refractivity contribution in [3.8, 4) is 0 Å². The summed E-state index contributed by atoms with van der Waals surface area (Å²) >= 11 is 0. The number of amides is 2. The molecule has 1 aromatic rings. The third-order valence-electron chi connectivity index (χ3n) is 3.36.